The highest BCUT2D eigenvalue weighted by molar-refractivity contribution is 7.92. The van der Waals surface area contributed by atoms with E-state index in [4.69, 9.17) is 12.2 Å². The number of hydrogen-bond donors (Lipinski definition) is 1. The van der Waals surface area contributed by atoms with Crippen LogP contribution in [0.25, 0.3) is 6.08 Å². The average Bonchev–Trinajstić information content (AvgIpc) is 3.30. The summed E-state index contributed by atoms with van der Waals surface area (Å²) in [6, 6.07) is 10.0. The maximum absolute atomic E-state index is 12.6. The first-order chi connectivity index (χ1) is 13.0. The number of piperazine rings is 1. The Morgan fingerprint density at radius 3 is 2.44 bits per heavy atom. The van der Waals surface area contributed by atoms with Crippen LogP contribution < -0.4 is 5.32 Å². The van der Waals surface area contributed by atoms with E-state index in [2.05, 4.69) is 10.2 Å². The molecule has 2 bridgehead atoms. The zero-order valence-corrected chi connectivity index (χ0v) is 17.1. The van der Waals surface area contributed by atoms with E-state index >= 15 is 0 Å². The van der Waals surface area contributed by atoms with Gasteiger partial charge < -0.3 is 10.2 Å². The summed E-state index contributed by atoms with van der Waals surface area (Å²) in [5.74, 6) is 1.66. The molecule has 0 aromatic heterocycles. The van der Waals surface area contributed by atoms with Gasteiger partial charge in [0.05, 0.1) is 0 Å². The van der Waals surface area contributed by atoms with E-state index in [-0.39, 0.29) is 0 Å². The van der Waals surface area contributed by atoms with E-state index in [0.717, 1.165) is 22.5 Å². The molecular formula is C20H27N3O2S2. The van der Waals surface area contributed by atoms with Gasteiger partial charge in [0.1, 0.15) is 0 Å². The van der Waals surface area contributed by atoms with E-state index in [1.54, 1.807) is 10.4 Å². The first kappa shape index (κ1) is 18.9. The second-order valence-corrected chi connectivity index (χ2v) is 10.1. The molecule has 1 N–H and O–H groups in total. The minimum Gasteiger partial charge on any atom is -0.360 e. The van der Waals surface area contributed by atoms with Gasteiger partial charge >= 0.3 is 0 Å². The van der Waals surface area contributed by atoms with Crippen LogP contribution >= 0.6 is 12.2 Å². The van der Waals surface area contributed by atoms with Crippen LogP contribution in [0.2, 0.25) is 0 Å². The maximum Gasteiger partial charge on any atom is 0.236 e. The minimum absolute atomic E-state index is 0.472. The second kappa shape index (κ2) is 7.89. The van der Waals surface area contributed by atoms with Gasteiger partial charge in [0.15, 0.2) is 5.11 Å². The first-order valence-electron chi connectivity index (χ1n) is 9.80. The molecule has 1 aromatic carbocycles. The van der Waals surface area contributed by atoms with Crippen LogP contribution in [0.1, 0.15) is 31.2 Å². The highest BCUT2D eigenvalue weighted by Gasteiger charge is 2.40. The minimum atomic E-state index is -3.40. The molecule has 27 heavy (non-hydrogen) atoms. The van der Waals surface area contributed by atoms with Crippen molar-refractivity contribution in [1.29, 1.82) is 0 Å². The number of rotatable bonds is 4. The fourth-order valence-electron chi connectivity index (χ4n) is 4.63. The number of thiocarbonyl (C=S) groups is 1. The standard InChI is InChI=1S/C20H27N3O2S2/c24-27(25,13-8-16-4-2-1-3-5-16)23-11-9-22(10-12-23)20(26)21-19-15-17-6-7-18(19)14-17/h1-5,8,13,17-19H,6-7,9-12,14-15H2,(H,21,26)/b13-8+/t17-,18+,19+/m1/s1. The van der Waals surface area contributed by atoms with E-state index < -0.39 is 10.0 Å². The second-order valence-electron chi connectivity index (χ2n) is 7.88. The lowest BCUT2D eigenvalue weighted by atomic mass is 9.95. The molecular weight excluding hydrogens is 378 g/mol. The fourth-order valence-corrected chi connectivity index (χ4v) is 6.14. The quantitative estimate of drug-likeness (QED) is 0.781. The molecule has 1 aliphatic heterocycles. The Balaban J connectivity index is 1.29. The molecule has 0 unspecified atom stereocenters. The molecule has 1 saturated heterocycles. The number of nitrogens with zero attached hydrogens (tertiary/aromatic N) is 2. The lowest BCUT2D eigenvalue weighted by molar-refractivity contribution is 0.260. The summed E-state index contributed by atoms with van der Waals surface area (Å²) in [6.07, 6.45) is 6.94. The van der Waals surface area contributed by atoms with E-state index in [1.807, 2.05) is 30.3 Å². The van der Waals surface area contributed by atoms with Crippen molar-refractivity contribution in [2.45, 2.75) is 31.7 Å². The Morgan fingerprint density at radius 2 is 1.81 bits per heavy atom. The number of hydrogen-bond acceptors (Lipinski definition) is 3. The summed E-state index contributed by atoms with van der Waals surface area (Å²) in [4.78, 5) is 2.12. The Morgan fingerprint density at radius 1 is 1.07 bits per heavy atom. The molecule has 146 valence electrons. The Bertz CT molecular complexity index is 802. The van der Waals surface area contributed by atoms with Gasteiger partial charge in [0.2, 0.25) is 10.0 Å². The van der Waals surface area contributed by atoms with Crippen molar-refractivity contribution in [2.24, 2.45) is 11.8 Å². The first-order valence-corrected chi connectivity index (χ1v) is 11.7. The van der Waals surface area contributed by atoms with Crippen molar-refractivity contribution >= 4 is 33.4 Å². The van der Waals surface area contributed by atoms with Gasteiger partial charge in [0.25, 0.3) is 0 Å². The predicted molar refractivity (Wildman–Crippen MR) is 113 cm³/mol. The molecule has 0 spiro atoms. The van der Waals surface area contributed by atoms with Crippen LogP contribution in [-0.4, -0.2) is 55.0 Å². The number of fused-ring (bicyclic) bond motifs is 2. The number of nitrogens with one attached hydrogen (secondary N) is 1. The normalized spacial score (nSPS) is 28.7. The van der Waals surface area contributed by atoms with E-state index in [9.17, 15) is 8.42 Å². The lowest BCUT2D eigenvalue weighted by Gasteiger charge is -2.36. The van der Waals surface area contributed by atoms with Crippen LogP contribution in [0, 0.1) is 11.8 Å². The predicted octanol–water partition coefficient (Wildman–Crippen LogP) is 2.67. The zero-order chi connectivity index (χ0) is 18.9. The third-order valence-electron chi connectivity index (χ3n) is 6.16. The summed E-state index contributed by atoms with van der Waals surface area (Å²) in [5, 5.41) is 5.66. The Kier molecular flexibility index (Phi) is 5.53. The summed E-state index contributed by atoms with van der Waals surface area (Å²) >= 11 is 5.61. The maximum atomic E-state index is 12.6. The SMILES string of the molecule is O=S(=O)(/C=C/c1ccccc1)N1CCN(C(=S)N[C@H]2C[C@@H]3CC[C@H]2C3)CC1. The molecule has 0 amide bonds. The van der Waals surface area contributed by atoms with Crippen LogP contribution in [0.3, 0.4) is 0 Å². The topological polar surface area (TPSA) is 52.7 Å². The van der Waals surface area contributed by atoms with Crippen LogP contribution in [0.4, 0.5) is 0 Å². The Hall–Kier alpha value is -1.44. The van der Waals surface area contributed by atoms with Crippen LogP contribution in [0.15, 0.2) is 35.7 Å². The largest absolute Gasteiger partial charge is 0.360 e. The van der Waals surface area contributed by atoms with Gasteiger partial charge in [-0.15, -0.1) is 0 Å². The Labute approximate surface area is 167 Å². The molecule has 3 aliphatic rings. The smallest absolute Gasteiger partial charge is 0.236 e. The van der Waals surface area contributed by atoms with E-state index in [0.29, 0.717) is 32.2 Å². The van der Waals surface area contributed by atoms with Crippen molar-refractivity contribution in [3.8, 4) is 0 Å². The molecule has 2 saturated carbocycles. The van der Waals surface area contributed by atoms with Crippen LogP contribution in [0.5, 0.6) is 0 Å². The van der Waals surface area contributed by atoms with Crippen molar-refractivity contribution in [2.75, 3.05) is 26.2 Å². The highest BCUT2D eigenvalue weighted by atomic mass is 32.2. The molecule has 1 heterocycles. The number of benzene rings is 1. The van der Waals surface area contributed by atoms with Gasteiger partial charge in [-0.05, 0) is 55.0 Å². The van der Waals surface area contributed by atoms with Crippen molar-refractivity contribution in [1.82, 2.24) is 14.5 Å². The van der Waals surface area contributed by atoms with Crippen molar-refractivity contribution in [3.63, 3.8) is 0 Å². The van der Waals surface area contributed by atoms with Gasteiger partial charge in [-0.3, -0.25) is 0 Å². The van der Waals surface area contributed by atoms with Crippen molar-refractivity contribution in [3.05, 3.63) is 41.3 Å². The number of sulfonamides is 1. The summed E-state index contributed by atoms with van der Waals surface area (Å²) in [6.45, 7) is 2.23. The summed E-state index contributed by atoms with van der Waals surface area (Å²) in [7, 11) is -3.40. The zero-order valence-electron chi connectivity index (χ0n) is 15.5. The molecule has 7 heteroatoms. The molecule has 3 atom stereocenters. The van der Waals surface area contributed by atoms with Crippen LogP contribution in [-0.2, 0) is 10.0 Å². The summed E-state index contributed by atoms with van der Waals surface area (Å²) in [5.41, 5.74) is 0.885. The van der Waals surface area contributed by atoms with Crippen molar-refractivity contribution < 1.29 is 8.42 Å². The third-order valence-corrected chi connectivity index (χ3v) is 8.11. The molecule has 3 fully saturated rings. The van der Waals surface area contributed by atoms with Gasteiger partial charge in [-0.2, -0.15) is 4.31 Å². The molecule has 4 rings (SSSR count). The lowest BCUT2D eigenvalue weighted by Crippen LogP contribution is -2.54. The van der Waals surface area contributed by atoms with E-state index in [1.165, 1.54) is 31.1 Å². The monoisotopic (exact) mass is 405 g/mol. The molecule has 2 aliphatic carbocycles. The molecule has 0 radical (unpaired) electrons. The molecule has 1 aromatic rings. The fraction of sp³-hybridized carbons (Fsp3) is 0.550. The summed E-state index contributed by atoms with van der Waals surface area (Å²) < 4.78 is 26.7. The van der Waals surface area contributed by atoms with Gasteiger partial charge in [-0.1, -0.05) is 36.8 Å². The third kappa shape index (κ3) is 4.36. The van der Waals surface area contributed by atoms with Gasteiger partial charge in [0, 0.05) is 37.6 Å². The highest BCUT2D eigenvalue weighted by Crippen LogP contribution is 2.44. The molecule has 5 nitrogen and oxygen atoms in total. The average molecular weight is 406 g/mol. The van der Waals surface area contributed by atoms with Gasteiger partial charge in [-0.25, -0.2) is 8.42 Å².